The number of nitrogens with two attached hydrogens (primary N) is 1. The van der Waals surface area contributed by atoms with Gasteiger partial charge in [0, 0.05) is 23.2 Å². The van der Waals surface area contributed by atoms with Gasteiger partial charge in [-0.25, -0.2) is 4.98 Å². The highest BCUT2D eigenvalue weighted by atomic mass is 32.1. The molecule has 2 atom stereocenters. The van der Waals surface area contributed by atoms with Crippen LogP contribution in [0.5, 0.6) is 0 Å². The lowest BCUT2D eigenvalue weighted by atomic mass is 9.97. The van der Waals surface area contributed by atoms with Crippen LogP contribution in [0.25, 0.3) is 0 Å². The minimum Gasteiger partial charge on any atom is -0.326 e. The van der Waals surface area contributed by atoms with Crippen molar-refractivity contribution < 1.29 is 0 Å². The molecule has 0 amide bonds. The van der Waals surface area contributed by atoms with E-state index in [9.17, 15) is 0 Å². The first-order chi connectivity index (χ1) is 7.75. The Balaban J connectivity index is 1.87. The van der Waals surface area contributed by atoms with E-state index in [1.165, 1.54) is 30.8 Å². The average Bonchev–Trinajstić information content (AvgIpc) is 3.02. The molecule has 3 rings (SSSR count). The number of hydrogen-bond acceptors (Lipinski definition) is 4. The van der Waals surface area contributed by atoms with Crippen molar-refractivity contribution in [2.45, 2.75) is 50.7 Å². The molecule has 1 saturated carbocycles. The summed E-state index contributed by atoms with van der Waals surface area (Å²) in [6, 6.07) is 1.46. The molecule has 1 aliphatic carbocycles. The van der Waals surface area contributed by atoms with E-state index in [2.05, 4.69) is 22.2 Å². The molecule has 1 aromatic rings. The molecule has 0 radical (unpaired) electrons. The minimum atomic E-state index is 0.278. The van der Waals surface area contributed by atoms with Gasteiger partial charge in [-0.3, -0.25) is 4.90 Å². The van der Waals surface area contributed by atoms with Gasteiger partial charge in [0.05, 0.1) is 6.04 Å². The molecule has 2 aliphatic rings. The Morgan fingerprint density at radius 1 is 1.44 bits per heavy atom. The van der Waals surface area contributed by atoms with Crippen molar-refractivity contribution in [2.75, 3.05) is 6.54 Å². The third-order valence-electron chi connectivity index (χ3n) is 3.62. The fourth-order valence-electron chi connectivity index (χ4n) is 2.70. The second-order valence-electron chi connectivity index (χ2n) is 5.05. The molecule has 0 bridgehead atoms. The van der Waals surface area contributed by atoms with Gasteiger partial charge in [0.25, 0.3) is 0 Å². The van der Waals surface area contributed by atoms with Gasteiger partial charge in [0.15, 0.2) is 0 Å². The zero-order valence-corrected chi connectivity index (χ0v) is 10.5. The monoisotopic (exact) mass is 237 g/mol. The summed E-state index contributed by atoms with van der Waals surface area (Å²) in [5, 5.41) is 3.37. The fourth-order valence-corrected chi connectivity index (χ4v) is 3.69. The quantitative estimate of drug-likeness (QED) is 0.856. The van der Waals surface area contributed by atoms with Gasteiger partial charge in [-0.05, 0) is 39.2 Å². The van der Waals surface area contributed by atoms with Gasteiger partial charge in [-0.15, -0.1) is 11.3 Å². The van der Waals surface area contributed by atoms with E-state index < -0.39 is 0 Å². The van der Waals surface area contributed by atoms with Crippen LogP contribution in [0, 0.1) is 6.92 Å². The molecule has 88 valence electrons. The largest absolute Gasteiger partial charge is 0.326 e. The van der Waals surface area contributed by atoms with Crippen LogP contribution in [0.15, 0.2) is 5.38 Å². The van der Waals surface area contributed by atoms with E-state index in [0.717, 1.165) is 18.2 Å². The molecule has 16 heavy (non-hydrogen) atoms. The summed E-state index contributed by atoms with van der Waals surface area (Å²) in [4.78, 5) is 7.25. The van der Waals surface area contributed by atoms with E-state index in [1.54, 1.807) is 11.3 Å². The smallest absolute Gasteiger partial charge is 0.112 e. The number of hydrogen-bond donors (Lipinski definition) is 1. The highest BCUT2D eigenvalue weighted by Crippen LogP contribution is 2.40. The first kappa shape index (κ1) is 10.7. The second kappa shape index (κ2) is 4.09. The van der Waals surface area contributed by atoms with Crippen LogP contribution in [0.2, 0.25) is 0 Å². The van der Waals surface area contributed by atoms with Crippen LogP contribution in [-0.4, -0.2) is 28.5 Å². The molecule has 4 heteroatoms. The highest BCUT2D eigenvalue weighted by molar-refractivity contribution is 7.09. The van der Waals surface area contributed by atoms with E-state index in [4.69, 9.17) is 5.73 Å². The third kappa shape index (κ3) is 1.90. The van der Waals surface area contributed by atoms with Crippen molar-refractivity contribution >= 4 is 11.3 Å². The first-order valence-corrected chi connectivity index (χ1v) is 7.07. The van der Waals surface area contributed by atoms with Crippen LogP contribution < -0.4 is 5.73 Å². The van der Waals surface area contributed by atoms with E-state index in [1.807, 2.05) is 0 Å². The Morgan fingerprint density at radius 2 is 2.25 bits per heavy atom. The molecular weight excluding hydrogens is 218 g/mol. The van der Waals surface area contributed by atoms with Crippen LogP contribution in [0.1, 0.15) is 42.4 Å². The molecule has 1 saturated heterocycles. The van der Waals surface area contributed by atoms with Crippen molar-refractivity contribution in [2.24, 2.45) is 5.73 Å². The lowest BCUT2D eigenvalue weighted by molar-refractivity contribution is 0.119. The lowest BCUT2D eigenvalue weighted by Gasteiger charge is -2.38. The minimum absolute atomic E-state index is 0.278. The maximum atomic E-state index is 6.30. The van der Waals surface area contributed by atoms with Gasteiger partial charge in [-0.1, -0.05) is 0 Å². The SMILES string of the molecule is Cc1csc(C2C(N)CCCN2C2CC2)n1. The molecular formula is C12H19N3S. The number of piperidine rings is 1. The van der Waals surface area contributed by atoms with Crippen molar-refractivity contribution in [1.82, 2.24) is 9.88 Å². The number of thiazole rings is 1. The standard InChI is InChI=1S/C12H19N3S/c1-8-7-16-12(14-8)11-10(13)3-2-6-15(11)9-4-5-9/h7,9-11H,2-6,13H2,1H3. The van der Waals surface area contributed by atoms with Crippen LogP contribution in [0.3, 0.4) is 0 Å². The number of nitrogens with zero attached hydrogens (tertiary/aromatic N) is 2. The summed E-state index contributed by atoms with van der Waals surface area (Å²) in [5.74, 6) is 0. The summed E-state index contributed by atoms with van der Waals surface area (Å²) in [5.41, 5.74) is 7.43. The Labute approximate surface area is 101 Å². The van der Waals surface area contributed by atoms with Gasteiger partial charge >= 0.3 is 0 Å². The average molecular weight is 237 g/mol. The zero-order valence-electron chi connectivity index (χ0n) is 9.72. The third-order valence-corrected chi connectivity index (χ3v) is 4.66. The maximum Gasteiger partial charge on any atom is 0.112 e. The van der Waals surface area contributed by atoms with Gasteiger partial charge in [0.1, 0.15) is 5.01 Å². The summed E-state index contributed by atoms with van der Waals surface area (Å²) in [6.45, 7) is 3.28. The predicted molar refractivity (Wildman–Crippen MR) is 66.5 cm³/mol. The summed E-state index contributed by atoms with van der Waals surface area (Å²) >= 11 is 1.78. The van der Waals surface area contributed by atoms with Crippen molar-refractivity contribution in [1.29, 1.82) is 0 Å². The molecule has 0 spiro atoms. The number of likely N-dealkylation sites (tertiary alicyclic amines) is 1. The normalized spacial score (nSPS) is 31.9. The molecule has 1 aliphatic heterocycles. The Kier molecular flexibility index (Phi) is 2.73. The van der Waals surface area contributed by atoms with Crippen LogP contribution in [-0.2, 0) is 0 Å². The van der Waals surface area contributed by atoms with E-state index in [-0.39, 0.29) is 6.04 Å². The van der Waals surface area contributed by atoms with Crippen molar-refractivity contribution in [3.63, 3.8) is 0 Å². The Bertz CT molecular complexity index is 372. The highest BCUT2D eigenvalue weighted by Gasteiger charge is 2.40. The van der Waals surface area contributed by atoms with Gasteiger partial charge in [-0.2, -0.15) is 0 Å². The molecule has 1 aromatic heterocycles. The molecule has 0 aromatic carbocycles. The second-order valence-corrected chi connectivity index (χ2v) is 5.94. The maximum absolute atomic E-state index is 6.30. The van der Waals surface area contributed by atoms with E-state index >= 15 is 0 Å². The predicted octanol–water partition coefficient (Wildman–Crippen LogP) is 2.08. The van der Waals surface area contributed by atoms with Gasteiger partial charge < -0.3 is 5.73 Å². The molecule has 2 N–H and O–H groups in total. The van der Waals surface area contributed by atoms with Gasteiger partial charge in [0.2, 0.25) is 0 Å². The molecule has 2 fully saturated rings. The molecule has 2 unspecified atom stereocenters. The topological polar surface area (TPSA) is 42.1 Å². The number of aryl methyl sites for hydroxylation is 1. The number of aromatic nitrogens is 1. The van der Waals surface area contributed by atoms with Crippen molar-refractivity contribution in [3.8, 4) is 0 Å². The first-order valence-electron chi connectivity index (χ1n) is 6.19. The molecule has 3 nitrogen and oxygen atoms in total. The fraction of sp³-hybridized carbons (Fsp3) is 0.750. The Hall–Kier alpha value is -0.450. The summed E-state index contributed by atoms with van der Waals surface area (Å²) in [7, 11) is 0. The molecule has 2 heterocycles. The summed E-state index contributed by atoms with van der Waals surface area (Å²) < 4.78 is 0. The summed E-state index contributed by atoms with van der Waals surface area (Å²) in [6.07, 6.45) is 5.10. The number of rotatable bonds is 2. The van der Waals surface area contributed by atoms with Crippen molar-refractivity contribution in [3.05, 3.63) is 16.1 Å². The van der Waals surface area contributed by atoms with Crippen LogP contribution >= 0.6 is 11.3 Å². The Morgan fingerprint density at radius 3 is 2.88 bits per heavy atom. The zero-order chi connectivity index (χ0) is 11.1. The van der Waals surface area contributed by atoms with Crippen LogP contribution in [0.4, 0.5) is 0 Å². The van der Waals surface area contributed by atoms with E-state index in [0.29, 0.717) is 6.04 Å². The lowest BCUT2D eigenvalue weighted by Crippen LogP contribution is -2.46.